The van der Waals surface area contributed by atoms with Crippen LogP contribution in [0.2, 0.25) is 5.02 Å². The third-order valence-corrected chi connectivity index (χ3v) is 5.63. The number of carbonyl (C=O) groups is 1. The van der Waals surface area contributed by atoms with Gasteiger partial charge in [0.2, 0.25) is 0 Å². The third kappa shape index (κ3) is 2.13. The molecule has 1 aliphatic heterocycles. The van der Waals surface area contributed by atoms with Gasteiger partial charge in [0.05, 0.1) is 5.02 Å². The molecule has 0 bridgehead atoms. The van der Waals surface area contributed by atoms with E-state index in [0.29, 0.717) is 9.90 Å². The van der Waals surface area contributed by atoms with Crippen LogP contribution in [0.1, 0.15) is 9.67 Å². The Bertz CT molecular complexity index is 590. The largest absolute Gasteiger partial charge is 0.336 e. The number of carbonyl (C=O) groups excluding carboxylic acids is 1. The number of fused-ring (bicyclic) bond motifs is 1. The van der Waals surface area contributed by atoms with E-state index in [1.165, 1.54) is 11.3 Å². The molecule has 18 heavy (non-hydrogen) atoms. The third-order valence-electron chi connectivity index (χ3n) is 3.03. The fourth-order valence-electron chi connectivity index (χ4n) is 2.06. The first kappa shape index (κ1) is 12.3. The predicted octanol–water partition coefficient (Wildman–Crippen LogP) is 3.74. The highest BCUT2D eigenvalue weighted by atomic mass is 35.5. The molecule has 0 spiro atoms. The Labute approximate surface area is 119 Å². The summed E-state index contributed by atoms with van der Waals surface area (Å²) in [7, 11) is 0. The van der Waals surface area contributed by atoms with Crippen LogP contribution in [-0.4, -0.2) is 35.4 Å². The zero-order valence-electron chi connectivity index (χ0n) is 9.69. The standard InChI is InChI=1S/C13H12ClNOS2/c14-11-9-3-1-2-4-10(9)18-12(11)13(16)15-5-7-17-8-6-15/h1-4H,5-8H2. The van der Waals surface area contributed by atoms with Crippen molar-refractivity contribution in [2.24, 2.45) is 0 Å². The topological polar surface area (TPSA) is 20.3 Å². The van der Waals surface area contributed by atoms with Crippen molar-refractivity contribution in [2.75, 3.05) is 24.6 Å². The molecule has 1 aromatic carbocycles. The number of benzene rings is 1. The lowest BCUT2D eigenvalue weighted by molar-refractivity contribution is 0.0777. The number of hydrogen-bond acceptors (Lipinski definition) is 3. The van der Waals surface area contributed by atoms with Gasteiger partial charge in [0, 0.05) is 34.7 Å². The molecule has 2 heterocycles. The first-order chi connectivity index (χ1) is 8.77. The second-order valence-corrected chi connectivity index (χ2v) is 6.80. The first-order valence-corrected chi connectivity index (χ1v) is 8.16. The summed E-state index contributed by atoms with van der Waals surface area (Å²) in [6.07, 6.45) is 0. The van der Waals surface area contributed by atoms with Gasteiger partial charge in [0.25, 0.3) is 5.91 Å². The molecule has 1 aromatic heterocycles. The van der Waals surface area contributed by atoms with E-state index in [-0.39, 0.29) is 5.91 Å². The van der Waals surface area contributed by atoms with Crippen molar-refractivity contribution in [1.82, 2.24) is 4.90 Å². The van der Waals surface area contributed by atoms with Gasteiger partial charge in [0.15, 0.2) is 0 Å². The fourth-order valence-corrected chi connectivity index (χ4v) is 4.44. The van der Waals surface area contributed by atoms with Crippen molar-refractivity contribution in [2.45, 2.75) is 0 Å². The second kappa shape index (κ2) is 5.11. The lowest BCUT2D eigenvalue weighted by atomic mass is 10.2. The molecule has 1 fully saturated rings. The summed E-state index contributed by atoms with van der Waals surface area (Å²) in [6.45, 7) is 1.65. The normalized spacial score (nSPS) is 16.2. The van der Waals surface area contributed by atoms with E-state index in [1.54, 1.807) is 0 Å². The molecule has 2 aromatic rings. The van der Waals surface area contributed by atoms with E-state index < -0.39 is 0 Å². The number of nitrogens with zero attached hydrogens (tertiary/aromatic N) is 1. The lowest BCUT2D eigenvalue weighted by Crippen LogP contribution is -2.37. The minimum atomic E-state index is 0.0847. The summed E-state index contributed by atoms with van der Waals surface area (Å²) in [6, 6.07) is 7.90. The van der Waals surface area contributed by atoms with E-state index in [9.17, 15) is 4.79 Å². The van der Waals surface area contributed by atoms with Crippen molar-refractivity contribution in [3.63, 3.8) is 0 Å². The number of thioether (sulfide) groups is 1. The molecular formula is C13H12ClNOS2. The molecule has 0 N–H and O–H groups in total. The zero-order chi connectivity index (χ0) is 12.5. The number of amides is 1. The molecule has 3 rings (SSSR count). The van der Waals surface area contributed by atoms with Crippen molar-refractivity contribution in [1.29, 1.82) is 0 Å². The minimum Gasteiger partial charge on any atom is -0.336 e. The molecule has 1 saturated heterocycles. The van der Waals surface area contributed by atoms with Gasteiger partial charge < -0.3 is 4.90 Å². The van der Waals surface area contributed by atoms with Crippen LogP contribution in [0.25, 0.3) is 10.1 Å². The molecular weight excluding hydrogens is 286 g/mol. The summed E-state index contributed by atoms with van der Waals surface area (Å²) in [5, 5.41) is 1.60. The smallest absolute Gasteiger partial charge is 0.265 e. The second-order valence-electron chi connectivity index (χ2n) is 4.15. The van der Waals surface area contributed by atoms with Crippen molar-refractivity contribution in [3.05, 3.63) is 34.2 Å². The maximum absolute atomic E-state index is 12.4. The van der Waals surface area contributed by atoms with Crippen LogP contribution in [-0.2, 0) is 0 Å². The monoisotopic (exact) mass is 297 g/mol. The Kier molecular flexibility index (Phi) is 3.50. The van der Waals surface area contributed by atoms with Gasteiger partial charge in [-0.3, -0.25) is 4.79 Å². The molecule has 0 radical (unpaired) electrons. The van der Waals surface area contributed by atoms with Crippen molar-refractivity contribution < 1.29 is 4.79 Å². The Morgan fingerprint density at radius 2 is 1.94 bits per heavy atom. The molecule has 94 valence electrons. The molecule has 0 saturated carbocycles. The molecule has 5 heteroatoms. The van der Waals surface area contributed by atoms with Crippen LogP contribution in [0.3, 0.4) is 0 Å². The summed E-state index contributed by atoms with van der Waals surface area (Å²) >= 11 is 9.72. The Balaban J connectivity index is 1.98. The number of thiophene rings is 1. The molecule has 0 unspecified atom stereocenters. The van der Waals surface area contributed by atoms with Crippen LogP contribution < -0.4 is 0 Å². The van der Waals surface area contributed by atoms with Crippen LogP contribution in [0.5, 0.6) is 0 Å². The SMILES string of the molecule is O=C(c1sc2ccccc2c1Cl)N1CCSCC1. The van der Waals surface area contributed by atoms with Crippen LogP contribution in [0, 0.1) is 0 Å². The quantitative estimate of drug-likeness (QED) is 0.799. The number of halogens is 1. The van der Waals surface area contributed by atoms with E-state index in [4.69, 9.17) is 11.6 Å². The maximum Gasteiger partial charge on any atom is 0.265 e. The zero-order valence-corrected chi connectivity index (χ0v) is 12.1. The van der Waals surface area contributed by atoms with Gasteiger partial charge in [-0.15, -0.1) is 11.3 Å². The van der Waals surface area contributed by atoms with Gasteiger partial charge >= 0.3 is 0 Å². The summed E-state index contributed by atoms with van der Waals surface area (Å²) in [4.78, 5) is 15.0. The Morgan fingerprint density at radius 1 is 1.22 bits per heavy atom. The van der Waals surface area contributed by atoms with E-state index in [0.717, 1.165) is 34.7 Å². The van der Waals surface area contributed by atoms with Gasteiger partial charge in [-0.2, -0.15) is 11.8 Å². The van der Waals surface area contributed by atoms with Gasteiger partial charge in [0.1, 0.15) is 4.88 Å². The lowest BCUT2D eigenvalue weighted by Gasteiger charge is -2.25. The molecule has 2 nitrogen and oxygen atoms in total. The van der Waals surface area contributed by atoms with Crippen LogP contribution >= 0.6 is 34.7 Å². The highest BCUT2D eigenvalue weighted by molar-refractivity contribution is 7.99. The summed E-state index contributed by atoms with van der Waals surface area (Å²) < 4.78 is 1.08. The average molecular weight is 298 g/mol. The van der Waals surface area contributed by atoms with Gasteiger partial charge in [-0.05, 0) is 6.07 Å². The van der Waals surface area contributed by atoms with Gasteiger partial charge in [-0.1, -0.05) is 29.8 Å². The summed E-state index contributed by atoms with van der Waals surface area (Å²) in [5.74, 6) is 2.13. The minimum absolute atomic E-state index is 0.0847. The molecule has 0 atom stereocenters. The molecule has 1 amide bonds. The Morgan fingerprint density at radius 3 is 2.67 bits per heavy atom. The van der Waals surface area contributed by atoms with E-state index >= 15 is 0 Å². The molecule has 0 aliphatic carbocycles. The Hall–Kier alpha value is -0.710. The van der Waals surface area contributed by atoms with E-state index in [2.05, 4.69) is 0 Å². The van der Waals surface area contributed by atoms with Crippen molar-refractivity contribution >= 4 is 50.7 Å². The number of rotatable bonds is 1. The fraction of sp³-hybridized carbons (Fsp3) is 0.308. The van der Waals surface area contributed by atoms with Gasteiger partial charge in [-0.25, -0.2) is 0 Å². The predicted molar refractivity (Wildman–Crippen MR) is 80.1 cm³/mol. The van der Waals surface area contributed by atoms with Crippen LogP contribution in [0.4, 0.5) is 0 Å². The first-order valence-electron chi connectivity index (χ1n) is 5.81. The maximum atomic E-state index is 12.4. The average Bonchev–Trinajstić information content (AvgIpc) is 2.77. The van der Waals surface area contributed by atoms with Crippen molar-refractivity contribution in [3.8, 4) is 0 Å². The molecule has 1 aliphatic rings. The van der Waals surface area contributed by atoms with E-state index in [1.807, 2.05) is 40.9 Å². The van der Waals surface area contributed by atoms with Crippen LogP contribution in [0.15, 0.2) is 24.3 Å². The number of hydrogen-bond donors (Lipinski definition) is 0. The highest BCUT2D eigenvalue weighted by Crippen LogP contribution is 2.36. The summed E-state index contributed by atoms with van der Waals surface area (Å²) in [5.41, 5.74) is 0. The highest BCUT2D eigenvalue weighted by Gasteiger charge is 2.23.